The number of thiophene rings is 1. The van der Waals surface area contributed by atoms with E-state index in [0.717, 1.165) is 28.2 Å². The number of ether oxygens (including phenoxy) is 1. The summed E-state index contributed by atoms with van der Waals surface area (Å²) in [7, 11) is 1.62. The van der Waals surface area contributed by atoms with Crippen molar-refractivity contribution in [2.75, 3.05) is 13.7 Å². The molecule has 0 bridgehead atoms. The molecule has 3 rings (SSSR count). The number of carboxylic acid groups (broad SMARTS) is 1. The van der Waals surface area contributed by atoms with Gasteiger partial charge in [-0.3, -0.25) is 4.79 Å². The van der Waals surface area contributed by atoms with E-state index in [-0.39, 0.29) is 5.91 Å². The number of hydrogen-bond donors (Lipinski definition) is 1. The van der Waals surface area contributed by atoms with Gasteiger partial charge in [-0.1, -0.05) is 12.1 Å². The summed E-state index contributed by atoms with van der Waals surface area (Å²) < 4.78 is 5.17. The van der Waals surface area contributed by atoms with Crippen LogP contribution in [0.25, 0.3) is 11.1 Å². The first kappa shape index (κ1) is 16.5. The van der Waals surface area contributed by atoms with Crippen molar-refractivity contribution < 1.29 is 19.4 Å². The summed E-state index contributed by atoms with van der Waals surface area (Å²) in [6.07, 6.45) is 1.26. The lowest BCUT2D eigenvalue weighted by Gasteiger charge is -2.20. The minimum atomic E-state index is -0.926. The van der Waals surface area contributed by atoms with Crippen LogP contribution in [0.4, 0.5) is 0 Å². The van der Waals surface area contributed by atoms with Crippen LogP contribution in [0.2, 0.25) is 0 Å². The van der Waals surface area contributed by atoms with Crippen LogP contribution in [0, 0.1) is 6.92 Å². The van der Waals surface area contributed by atoms with E-state index >= 15 is 0 Å². The molecule has 1 amide bonds. The number of nitrogens with zero attached hydrogens (tertiary/aromatic N) is 1. The zero-order chi connectivity index (χ0) is 17.3. The second-order valence-electron chi connectivity index (χ2n) is 5.80. The molecule has 5 nitrogen and oxygen atoms in total. The molecule has 0 aliphatic carbocycles. The quantitative estimate of drug-likeness (QED) is 0.922. The Hall–Kier alpha value is -2.34. The molecule has 1 fully saturated rings. The van der Waals surface area contributed by atoms with Crippen molar-refractivity contribution in [3.8, 4) is 16.9 Å². The maximum Gasteiger partial charge on any atom is 0.326 e. The molecule has 0 unspecified atom stereocenters. The molecule has 1 aromatic heterocycles. The molecule has 0 saturated carbocycles. The molecule has 2 aromatic rings. The van der Waals surface area contributed by atoms with E-state index in [9.17, 15) is 14.7 Å². The fraction of sp³-hybridized carbons (Fsp3) is 0.333. The molecule has 126 valence electrons. The lowest BCUT2D eigenvalue weighted by Crippen LogP contribution is -2.40. The molecule has 0 spiro atoms. The highest BCUT2D eigenvalue weighted by atomic mass is 32.1. The topological polar surface area (TPSA) is 66.8 Å². The van der Waals surface area contributed by atoms with Gasteiger partial charge >= 0.3 is 5.97 Å². The third kappa shape index (κ3) is 3.01. The maximum absolute atomic E-state index is 12.7. The van der Waals surface area contributed by atoms with Crippen LogP contribution in [0.5, 0.6) is 5.75 Å². The van der Waals surface area contributed by atoms with Crippen LogP contribution < -0.4 is 4.74 Å². The molecule has 1 saturated heterocycles. The number of aliphatic carboxylic acids is 1. The molecule has 6 heteroatoms. The SMILES string of the molecule is COc1ccc(-c2cc(C(=O)N3CCC[C@@H]3C(=O)O)sc2C)cc1. The van der Waals surface area contributed by atoms with E-state index in [1.807, 2.05) is 37.3 Å². The standard InChI is InChI=1S/C18H19NO4S/c1-11-14(12-5-7-13(23-2)8-6-12)10-16(24-11)17(20)19-9-3-4-15(19)18(21)22/h5-8,10,15H,3-4,9H2,1-2H3,(H,21,22)/t15-/m1/s1. The van der Waals surface area contributed by atoms with Gasteiger partial charge < -0.3 is 14.7 Å². The van der Waals surface area contributed by atoms with Gasteiger partial charge in [0.15, 0.2) is 0 Å². The van der Waals surface area contributed by atoms with Crippen LogP contribution in [-0.2, 0) is 4.79 Å². The Morgan fingerprint density at radius 3 is 2.62 bits per heavy atom. The molecular weight excluding hydrogens is 326 g/mol. The summed E-state index contributed by atoms with van der Waals surface area (Å²) in [5.41, 5.74) is 2.01. The Kier molecular flexibility index (Phi) is 4.57. The van der Waals surface area contributed by atoms with E-state index < -0.39 is 12.0 Å². The lowest BCUT2D eigenvalue weighted by molar-refractivity contribution is -0.141. The molecule has 1 aromatic carbocycles. The summed E-state index contributed by atoms with van der Waals surface area (Å²) in [5, 5.41) is 9.26. The predicted octanol–water partition coefficient (Wildman–Crippen LogP) is 3.42. The minimum absolute atomic E-state index is 0.187. The maximum atomic E-state index is 12.7. The Balaban J connectivity index is 1.87. The summed E-state index contributed by atoms with van der Waals surface area (Å²) in [6.45, 7) is 2.48. The molecule has 2 heterocycles. The Bertz CT molecular complexity index is 766. The van der Waals surface area contributed by atoms with Crippen LogP contribution in [0.3, 0.4) is 0 Å². The first-order valence-electron chi connectivity index (χ1n) is 7.80. The van der Waals surface area contributed by atoms with Gasteiger partial charge in [0.05, 0.1) is 12.0 Å². The molecule has 1 aliphatic rings. The van der Waals surface area contributed by atoms with Gasteiger partial charge in [0.25, 0.3) is 5.91 Å². The van der Waals surface area contributed by atoms with Crippen LogP contribution in [-0.4, -0.2) is 41.6 Å². The molecule has 1 N–H and O–H groups in total. The smallest absolute Gasteiger partial charge is 0.326 e. The van der Waals surface area contributed by atoms with Gasteiger partial charge in [0, 0.05) is 11.4 Å². The van der Waals surface area contributed by atoms with Crippen molar-refractivity contribution >= 4 is 23.2 Å². The fourth-order valence-corrected chi connectivity index (χ4v) is 4.05. The number of rotatable bonds is 4. The number of carbonyl (C=O) groups is 2. The highest BCUT2D eigenvalue weighted by molar-refractivity contribution is 7.14. The summed E-state index contributed by atoms with van der Waals surface area (Å²) >= 11 is 1.41. The van der Waals surface area contributed by atoms with Gasteiger partial charge in [0.1, 0.15) is 11.8 Å². The second-order valence-corrected chi connectivity index (χ2v) is 7.06. The molecule has 24 heavy (non-hydrogen) atoms. The number of hydrogen-bond acceptors (Lipinski definition) is 4. The molecule has 0 radical (unpaired) electrons. The Morgan fingerprint density at radius 1 is 1.29 bits per heavy atom. The van der Waals surface area contributed by atoms with Crippen LogP contribution in [0.1, 0.15) is 27.4 Å². The van der Waals surface area contributed by atoms with E-state index in [1.165, 1.54) is 16.2 Å². The summed E-state index contributed by atoms with van der Waals surface area (Å²) in [5.74, 6) is -0.332. The number of amides is 1. The van der Waals surface area contributed by atoms with Crippen molar-refractivity contribution in [1.82, 2.24) is 4.90 Å². The third-order valence-electron chi connectivity index (χ3n) is 4.33. The summed E-state index contributed by atoms with van der Waals surface area (Å²) in [4.78, 5) is 27.1. The van der Waals surface area contributed by atoms with Gasteiger partial charge in [-0.25, -0.2) is 4.79 Å². The largest absolute Gasteiger partial charge is 0.497 e. The number of carbonyl (C=O) groups excluding carboxylic acids is 1. The van der Waals surface area contributed by atoms with Crippen molar-refractivity contribution in [2.45, 2.75) is 25.8 Å². The first-order valence-corrected chi connectivity index (χ1v) is 8.61. The lowest BCUT2D eigenvalue weighted by atomic mass is 10.1. The number of benzene rings is 1. The van der Waals surface area contributed by atoms with E-state index in [2.05, 4.69) is 0 Å². The zero-order valence-electron chi connectivity index (χ0n) is 13.6. The second kappa shape index (κ2) is 6.65. The van der Waals surface area contributed by atoms with Crippen molar-refractivity contribution in [1.29, 1.82) is 0 Å². The van der Waals surface area contributed by atoms with Crippen molar-refractivity contribution in [3.63, 3.8) is 0 Å². The number of aryl methyl sites for hydroxylation is 1. The number of likely N-dealkylation sites (tertiary alicyclic amines) is 1. The first-order chi connectivity index (χ1) is 11.5. The van der Waals surface area contributed by atoms with Crippen LogP contribution in [0.15, 0.2) is 30.3 Å². The fourth-order valence-electron chi connectivity index (χ4n) is 3.05. The zero-order valence-corrected chi connectivity index (χ0v) is 14.4. The van der Waals surface area contributed by atoms with Gasteiger partial charge in [0.2, 0.25) is 0 Å². The number of methoxy groups -OCH3 is 1. The molecule has 1 atom stereocenters. The predicted molar refractivity (Wildman–Crippen MR) is 92.7 cm³/mol. The average molecular weight is 345 g/mol. The Morgan fingerprint density at radius 2 is 2.00 bits per heavy atom. The van der Waals surface area contributed by atoms with Gasteiger partial charge in [-0.2, -0.15) is 0 Å². The van der Waals surface area contributed by atoms with Crippen molar-refractivity contribution in [3.05, 3.63) is 40.1 Å². The third-order valence-corrected chi connectivity index (χ3v) is 5.37. The van der Waals surface area contributed by atoms with E-state index in [0.29, 0.717) is 17.8 Å². The Labute approximate surface area is 144 Å². The van der Waals surface area contributed by atoms with E-state index in [4.69, 9.17) is 4.74 Å². The summed E-state index contributed by atoms with van der Waals surface area (Å²) in [6, 6.07) is 8.84. The minimum Gasteiger partial charge on any atom is -0.497 e. The number of carboxylic acids is 1. The highest BCUT2D eigenvalue weighted by Gasteiger charge is 2.35. The monoisotopic (exact) mass is 345 g/mol. The normalized spacial score (nSPS) is 17.1. The average Bonchev–Trinajstić information content (AvgIpc) is 3.21. The van der Waals surface area contributed by atoms with Crippen molar-refractivity contribution in [2.24, 2.45) is 0 Å². The van der Waals surface area contributed by atoms with E-state index in [1.54, 1.807) is 7.11 Å². The van der Waals surface area contributed by atoms with Gasteiger partial charge in [-0.15, -0.1) is 11.3 Å². The molecule has 1 aliphatic heterocycles. The van der Waals surface area contributed by atoms with Crippen LogP contribution >= 0.6 is 11.3 Å². The highest BCUT2D eigenvalue weighted by Crippen LogP contribution is 2.33. The van der Waals surface area contributed by atoms with Gasteiger partial charge in [-0.05, 0) is 49.1 Å². The molecular formula is C18H19NO4S.